The molecule has 4 rings (SSSR count). The van der Waals surface area contributed by atoms with Crippen molar-refractivity contribution >= 4 is 28.2 Å². The summed E-state index contributed by atoms with van der Waals surface area (Å²) in [4.78, 5) is 19.3. The molecular formula is C19H18ClN5O. The highest BCUT2D eigenvalue weighted by Gasteiger charge is 2.13. The van der Waals surface area contributed by atoms with Gasteiger partial charge >= 0.3 is 0 Å². The maximum Gasteiger partial charge on any atom is 0.261 e. The normalized spacial score (nSPS) is 11.7. The first kappa shape index (κ1) is 16.8. The highest BCUT2D eigenvalue weighted by molar-refractivity contribution is 6.30. The molecule has 0 bridgehead atoms. The van der Waals surface area contributed by atoms with Crippen molar-refractivity contribution in [3.8, 4) is 11.1 Å². The molecule has 0 spiro atoms. The Balaban J connectivity index is 1.85. The third-order valence-electron chi connectivity index (χ3n) is 4.41. The van der Waals surface area contributed by atoms with E-state index in [4.69, 9.17) is 11.6 Å². The second-order valence-electron chi connectivity index (χ2n) is 6.48. The predicted octanol–water partition coefficient (Wildman–Crippen LogP) is 2.93. The number of rotatable bonds is 4. The van der Waals surface area contributed by atoms with E-state index in [9.17, 15) is 4.79 Å². The number of likely N-dealkylation sites (N-methyl/N-ethyl adjacent to an activating group) is 1. The van der Waals surface area contributed by atoms with Crippen LogP contribution >= 0.6 is 11.6 Å². The lowest BCUT2D eigenvalue weighted by molar-refractivity contribution is 0.381. The fraction of sp³-hybridized carbons (Fsp3) is 0.211. The number of pyridine rings is 1. The maximum absolute atomic E-state index is 12.7. The summed E-state index contributed by atoms with van der Waals surface area (Å²) in [5.41, 5.74) is 3.30. The van der Waals surface area contributed by atoms with Gasteiger partial charge in [-0.05, 0) is 37.9 Å². The molecule has 4 aromatic rings. The molecule has 3 heterocycles. The van der Waals surface area contributed by atoms with Gasteiger partial charge in [-0.3, -0.25) is 4.79 Å². The largest absolute Gasteiger partial charge is 0.314 e. The first-order valence-corrected chi connectivity index (χ1v) is 8.69. The summed E-state index contributed by atoms with van der Waals surface area (Å²) in [6.07, 6.45) is 5.22. The molecule has 26 heavy (non-hydrogen) atoms. The molecule has 0 amide bonds. The van der Waals surface area contributed by atoms with Crippen LogP contribution in [-0.2, 0) is 6.54 Å². The van der Waals surface area contributed by atoms with Gasteiger partial charge in [0, 0.05) is 36.1 Å². The van der Waals surface area contributed by atoms with Gasteiger partial charge in [0.05, 0.1) is 17.1 Å². The monoisotopic (exact) mass is 367 g/mol. The van der Waals surface area contributed by atoms with Crippen molar-refractivity contribution in [2.24, 2.45) is 0 Å². The predicted molar refractivity (Wildman–Crippen MR) is 104 cm³/mol. The van der Waals surface area contributed by atoms with Crippen LogP contribution < -0.4 is 5.56 Å². The Bertz CT molecular complexity index is 1140. The smallest absolute Gasteiger partial charge is 0.261 e. The summed E-state index contributed by atoms with van der Waals surface area (Å²) in [5, 5.41) is 5.70. The topological polar surface area (TPSA) is 55.4 Å². The van der Waals surface area contributed by atoms with Crippen LogP contribution in [0.4, 0.5) is 0 Å². The number of nitrogens with zero attached hydrogens (tertiary/aromatic N) is 5. The molecule has 0 aliphatic heterocycles. The minimum absolute atomic E-state index is 0.0534. The minimum Gasteiger partial charge on any atom is -0.314 e. The summed E-state index contributed by atoms with van der Waals surface area (Å²) < 4.78 is 3.43. The van der Waals surface area contributed by atoms with Gasteiger partial charge in [0.25, 0.3) is 5.56 Å². The lowest BCUT2D eigenvalue weighted by Crippen LogP contribution is -2.26. The molecule has 0 aliphatic rings. The highest BCUT2D eigenvalue weighted by Crippen LogP contribution is 2.26. The SMILES string of the molecule is CN(C)CCn1ccc2c(cnc3c(-c4ccc(Cl)cc4)cnn32)c1=O. The number of hydrogen-bond acceptors (Lipinski definition) is 4. The van der Waals surface area contributed by atoms with Gasteiger partial charge in [-0.2, -0.15) is 5.10 Å². The molecule has 1 aromatic carbocycles. The summed E-state index contributed by atoms with van der Waals surface area (Å²) in [7, 11) is 3.97. The van der Waals surface area contributed by atoms with Crippen LogP contribution in [0.5, 0.6) is 0 Å². The zero-order chi connectivity index (χ0) is 18.3. The summed E-state index contributed by atoms with van der Waals surface area (Å²) in [5.74, 6) is 0. The van der Waals surface area contributed by atoms with Crippen molar-refractivity contribution in [3.63, 3.8) is 0 Å². The van der Waals surface area contributed by atoms with E-state index < -0.39 is 0 Å². The zero-order valence-corrected chi connectivity index (χ0v) is 15.3. The van der Waals surface area contributed by atoms with Crippen LogP contribution in [0.25, 0.3) is 27.7 Å². The van der Waals surface area contributed by atoms with E-state index in [-0.39, 0.29) is 5.56 Å². The van der Waals surface area contributed by atoms with Crippen molar-refractivity contribution in [1.29, 1.82) is 0 Å². The van der Waals surface area contributed by atoms with Crippen LogP contribution in [0.3, 0.4) is 0 Å². The van der Waals surface area contributed by atoms with Crippen LogP contribution in [0.15, 0.2) is 53.7 Å². The van der Waals surface area contributed by atoms with Crippen molar-refractivity contribution in [3.05, 3.63) is 64.3 Å². The van der Waals surface area contributed by atoms with E-state index in [1.807, 2.05) is 55.5 Å². The number of halogens is 1. The van der Waals surface area contributed by atoms with E-state index in [1.165, 1.54) is 0 Å². The molecular weight excluding hydrogens is 350 g/mol. The standard InChI is InChI=1S/C19H18ClN5O/c1-23(2)9-10-24-8-7-17-16(19(24)26)11-21-18-15(12-22-25(17)18)13-3-5-14(20)6-4-13/h3-8,11-12H,9-10H2,1-2H3. The fourth-order valence-corrected chi connectivity index (χ4v) is 3.10. The Morgan fingerprint density at radius 2 is 1.88 bits per heavy atom. The van der Waals surface area contributed by atoms with Crippen LogP contribution in [0.1, 0.15) is 0 Å². The molecule has 0 N–H and O–H groups in total. The number of aromatic nitrogens is 4. The van der Waals surface area contributed by atoms with E-state index in [0.717, 1.165) is 23.2 Å². The molecule has 0 saturated carbocycles. The molecule has 0 radical (unpaired) electrons. The Kier molecular flexibility index (Phi) is 4.22. The zero-order valence-electron chi connectivity index (χ0n) is 14.6. The molecule has 0 atom stereocenters. The second kappa shape index (κ2) is 6.55. The van der Waals surface area contributed by atoms with Crippen LogP contribution in [0, 0.1) is 0 Å². The lowest BCUT2D eigenvalue weighted by Gasteiger charge is -2.12. The average Bonchev–Trinajstić information content (AvgIpc) is 3.06. The Morgan fingerprint density at radius 3 is 2.62 bits per heavy atom. The van der Waals surface area contributed by atoms with E-state index >= 15 is 0 Å². The molecule has 0 saturated heterocycles. The molecule has 0 fully saturated rings. The molecule has 132 valence electrons. The quantitative estimate of drug-likeness (QED) is 0.556. The first-order valence-electron chi connectivity index (χ1n) is 8.31. The summed E-state index contributed by atoms with van der Waals surface area (Å²) in [6.45, 7) is 1.43. The summed E-state index contributed by atoms with van der Waals surface area (Å²) >= 11 is 5.97. The Morgan fingerprint density at radius 1 is 1.12 bits per heavy atom. The van der Waals surface area contributed by atoms with Crippen molar-refractivity contribution in [2.45, 2.75) is 6.54 Å². The minimum atomic E-state index is -0.0534. The molecule has 0 unspecified atom stereocenters. The van der Waals surface area contributed by atoms with Crippen molar-refractivity contribution in [2.75, 3.05) is 20.6 Å². The molecule has 6 nitrogen and oxygen atoms in total. The van der Waals surface area contributed by atoms with Gasteiger partial charge in [-0.25, -0.2) is 9.50 Å². The van der Waals surface area contributed by atoms with Gasteiger partial charge in [-0.1, -0.05) is 23.7 Å². The van der Waals surface area contributed by atoms with E-state index in [2.05, 4.69) is 10.1 Å². The molecule has 0 aliphatic carbocycles. The molecule has 7 heteroatoms. The van der Waals surface area contributed by atoms with Crippen LogP contribution in [-0.4, -0.2) is 44.7 Å². The Labute approximate surface area is 155 Å². The van der Waals surface area contributed by atoms with Crippen molar-refractivity contribution in [1.82, 2.24) is 24.1 Å². The average molecular weight is 368 g/mol. The van der Waals surface area contributed by atoms with Gasteiger partial charge < -0.3 is 9.47 Å². The van der Waals surface area contributed by atoms with Gasteiger partial charge in [0.15, 0.2) is 5.65 Å². The van der Waals surface area contributed by atoms with E-state index in [1.54, 1.807) is 21.5 Å². The fourth-order valence-electron chi connectivity index (χ4n) is 2.97. The number of benzene rings is 1. The summed E-state index contributed by atoms with van der Waals surface area (Å²) in [6, 6.07) is 9.46. The van der Waals surface area contributed by atoms with Gasteiger partial charge in [0.2, 0.25) is 0 Å². The highest BCUT2D eigenvalue weighted by atomic mass is 35.5. The van der Waals surface area contributed by atoms with Crippen molar-refractivity contribution < 1.29 is 0 Å². The third-order valence-corrected chi connectivity index (χ3v) is 4.66. The lowest BCUT2D eigenvalue weighted by atomic mass is 10.1. The number of hydrogen-bond donors (Lipinski definition) is 0. The van der Waals surface area contributed by atoms with Gasteiger partial charge in [0.1, 0.15) is 0 Å². The second-order valence-corrected chi connectivity index (χ2v) is 6.91. The van der Waals surface area contributed by atoms with Crippen LogP contribution in [0.2, 0.25) is 5.02 Å². The molecule has 3 aromatic heterocycles. The van der Waals surface area contributed by atoms with Gasteiger partial charge in [-0.15, -0.1) is 0 Å². The first-order chi connectivity index (χ1) is 12.5. The Hall–Kier alpha value is -2.70. The number of fused-ring (bicyclic) bond motifs is 3. The maximum atomic E-state index is 12.7. The van der Waals surface area contributed by atoms with E-state index in [0.29, 0.717) is 22.6 Å². The third kappa shape index (κ3) is 2.87.